The smallest absolute Gasteiger partial charge is 0.339 e. The van der Waals surface area contributed by atoms with Crippen LogP contribution in [0.2, 0.25) is 0 Å². The van der Waals surface area contributed by atoms with E-state index in [1.54, 1.807) is 19.2 Å². The van der Waals surface area contributed by atoms with E-state index in [2.05, 4.69) is 15.1 Å². The minimum atomic E-state index is -0.831. The number of H-pyrrole nitrogens is 1. The fourth-order valence-electron chi connectivity index (χ4n) is 1.21. The van der Waals surface area contributed by atoms with Gasteiger partial charge in [0.05, 0.1) is 6.61 Å². The van der Waals surface area contributed by atoms with Gasteiger partial charge in [-0.15, -0.1) is 0 Å². The van der Waals surface area contributed by atoms with Gasteiger partial charge in [-0.1, -0.05) is 6.07 Å². The van der Waals surface area contributed by atoms with Crippen molar-refractivity contribution in [2.45, 2.75) is 16.8 Å². The van der Waals surface area contributed by atoms with Crippen LogP contribution in [0.25, 0.3) is 0 Å². The van der Waals surface area contributed by atoms with Crippen LogP contribution in [0.15, 0.2) is 38.1 Å². The Labute approximate surface area is 106 Å². The molecule has 0 saturated carbocycles. The number of aromatic amines is 1. The molecule has 2 aromatic heterocycles. The zero-order valence-electron chi connectivity index (χ0n) is 9.45. The third-order valence-corrected chi connectivity index (χ3v) is 3.12. The second-order valence-corrected chi connectivity index (χ2v) is 4.45. The molecule has 0 aliphatic heterocycles. The summed E-state index contributed by atoms with van der Waals surface area (Å²) in [5.74, 6) is 0. The van der Waals surface area contributed by atoms with E-state index in [1.807, 2.05) is 0 Å². The van der Waals surface area contributed by atoms with Gasteiger partial charge < -0.3 is 5.11 Å². The van der Waals surface area contributed by atoms with E-state index in [-0.39, 0.29) is 6.61 Å². The Morgan fingerprint density at radius 1 is 1.44 bits per heavy atom. The fourth-order valence-corrected chi connectivity index (χ4v) is 1.95. The van der Waals surface area contributed by atoms with Crippen molar-refractivity contribution in [1.82, 2.24) is 19.7 Å². The van der Waals surface area contributed by atoms with E-state index in [1.165, 1.54) is 10.9 Å². The Morgan fingerprint density at radius 3 is 2.83 bits per heavy atom. The van der Waals surface area contributed by atoms with Gasteiger partial charge in [-0.25, -0.2) is 4.98 Å². The number of aliphatic hydroxyl groups excluding tert-OH is 1. The third-order valence-electron chi connectivity index (χ3n) is 2.12. The molecule has 0 radical (unpaired) electrons. The molecular weight excluding hydrogens is 256 g/mol. The number of hydrogen-bond acceptors (Lipinski definition) is 6. The van der Waals surface area contributed by atoms with Gasteiger partial charge in [0.2, 0.25) is 0 Å². The number of pyridine rings is 1. The van der Waals surface area contributed by atoms with E-state index >= 15 is 0 Å². The van der Waals surface area contributed by atoms with Gasteiger partial charge >= 0.3 is 11.1 Å². The van der Waals surface area contributed by atoms with Crippen molar-refractivity contribution < 1.29 is 5.11 Å². The first-order valence-electron chi connectivity index (χ1n) is 5.01. The highest BCUT2D eigenvalue weighted by atomic mass is 32.2. The second-order valence-electron chi connectivity index (χ2n) is 3.46. The molecule has 0 fully saturated rings. The second kappa shape index (κ2) is 5.15. The van der Waals surface area contributed by atoms with Crippen molar-refractivity contribution in [2.75, 3.05) is 0 Å². The molecule has 2 N–H and O–H groups in total. The summed E-state index contributed by atoms with van der Waals surface area (Å²) in [6, 6.07) is 3.42. The molecule has 8 heteroatoms. The van der Waals surface area contributed by atoms with Crippen molar-refractivity contribution >= 4 is 11.8 Å². The number of nitrogens with one attached hydrogen (secondary N) is 1. The van der Waals surface area contributed by atoms with Crippen LogP contribution in [-0.4, -0.2) is 24.9 Å². The van der Waals surface area contributed by atoms with Crippen LogP contribution in [-0.2, 0) is 13.7 Å². The number of hydrogen-bond donors (Lipinski definition) is 2. The molecule has 0 aromatic carbocycles. The summed E-state index contributed by atoms with van der Waals surface area (Å²) in [6.07, 6.45) is 1.53. The molecule has 0 aliphatic carbocycles. The molecule has 18 heavy (non-hydrogen) atoms. The first-order valence-corrected chi connectivity index (χ1v) is 5.83. The van der Waals surface area contributed by atoms with E-state index in [9.17, 15) is 9.59 Å². The monoisotopic (exact) mass is 266 g/mol. The standard InChI is InChI=1S/C10H10N4O3S/c1-14-10(12-8(16)9(17)13-14)18-7-3-2-6(5-15)4-11-7/h2-4,15H,5H2,1H3,(H,13,17). The Kier molecular flexibility index (Phi) is 3.58. The molecular formula is C10H10N4O3S. The molecule has 0 atom stereocenters. The normalized spacial score (nSPS) is 10.6. The van der Waals surface area contributed by atoms with Crippen molar-refractivity contribution in [3.05, 3.63) is 44.6 Å². The molecule has 2 rings (SSSR count). The van der Waals surface area contributed by atoms with E-state index in [0.717, 1.165) is 11.8 Å². The van der Waals surface area contributed by atoms with Gasteiger partial charge in [-0.2, -0.15) is 4.98 Å². The summed E-state index contributed by atoms with van der Waals surface area (Å²) in [5, 5.41) is 12.2. The Morgan fingerprint density at radius 2 is 2.22 bits per heavy atom. The predicted octanol–water partition coefficient (Wildman–Crippen LogP) is -0.493. The SMILES string of the molecule is Cn1[nH]c(=O)c(=O)nc1Sc1ccc(CO)cn1. The maximum absolute atomic E-state index is 11.1. The highest BCUT2D eigenvalue weighted by molar-refractivity contribution is 7.99. The molecule has 0 unspecified atom stereocenters. The van der Waals surface area contributed by atoms with Gasteiger partial charge in [0.25, 0.3) is 0 Å². The summed E-state index contributed by atoms with van der Waals surface area (Å²) >= 11 is 1.15. The topological polar surface area (TPSA) is 101 Å². The van der Waals surface area contributed by atoms with Gasteiger partial charge in [0, 0.05) is 13.2 Å². The fraction of sp³-hybridized carbons (Fsp3) is 0.200. The Balaban J connectivity index is 2.30. The Hall–Kier alpha value is -1.93. The zero-order chi connectivity index (χ0) is 13.1. The average molecular weight is 266 g/mol. The van der Waals surface area contributed by atoms with Crippen LogP contribution >= 0.6 is 11.8 Å². The number of rotatable bonds is 3. The first-order chi connectivity index (χ1) is 8.60. The number of nitrogens with zero attached hydrogens (tertiary/aromatic N) is 3. The van der Waals surface area contributed by atoms with Crippen molar-refractivity contribution in [3.8, 4) is 0 Å². The zero-order valence-corrected chi connectivity index (χ0v) is 10.3. The van der Waals surface area contributed by atoms with Crippen LogP contribution in [0.4, 0.5) is 0 Å². The molecule has 0 saturated heterocycles. The number of aryl methyl sites for hydroxylation is 1. The number of aromatic nitrogens is 4. The predicted molar refractivity (Wildman–Crippen MR) is 64.4 cm³/mol. The maximum Gasteiger partial charge on any atom is 0.339 e. The third kappa shape index (κ3) is 2.66. The molecule has 94 valence electrons. The molecule has 0 spiro atoms. The molecule has 2 heterocycles. The lowest BCUT2D eigenvalue weighted by atomic mass is 10.3. The molecule has 0 amide bonds. The summed E-state index contributed by atoms with van der Waals surface area (Å²) in [4.78, 5) is 29.9. The van der Waals surface area contributed by atoms with Crippen LogP contribution < -0.4 is 11.1 Å². The maximum atomic E-state index is 11.1. The minimum Gasteiger partial charge on any atom is -0.392 e. The molecule has 0 aliphatic rings. The van der Waals surface area contributed by atoms with Gasteiger partial charge in [0.15, 0.2) is 5.16 Å². The van der Waals surface area contributed by atoms with Crippen LogP contribution in [0.5, 0.6) is 0 Å². The van der Waals surface area contributed by atoms with Gasteiger partial charge in [0.1, 0.15) is 5.03 Å². The van der Waals surface area contributed by atoms with Crippen molar-refractivity contribution in [1.29, 1.82) is 0 Å². The van der Waals surface area contributed by atoms with E-state index < -0.39 is 11.1 Å². The van der Waals surface area contributed by atoms with Crippen molar-refractivity contribution in [3.63, 3.8) is 0 Å². The van der Waals surface area contributed by atoms with Crippen LogP contribution in [0, 0.1) is 0 Å². The number of aliphatic hydroxyl groups is 1. The molecule has 2 aromatic rings. The molecule has 0 bridgehead atoms. The quantitative estimate of drug-likeness (QED) is 0.727. The van der Waals surface area contributed by atoms with E-state index in [4.69, 9.17) is 5.11 Å². The van der Waals surface area contributed by atoms with Crippen LogP contribution in [0.3, 0.4) is 0 Å². The first kappa shape index (κ1) is 12.5. The van der Waals surface area contributed by atoms with Gasteiger partial charge in [-0.05, 0) is 23.4 Å². The lowest BCUT2D eigenvalue weighted by Crippen LogP contribution is -2.33. The average Bonchev–Trinajstić information content (AvgIpc) is 2.37. The van der Waals surface area contributed by atoms with Crippen LogP contribution in [0.1, 0.15) is 5.56 Å². The summed E-state index contributed by atoms with van der Waals surface area (Å²) in [5.41, 5.74) is -0.893. The minimum absolute atomic E-state index is 0.0761. The van der Waals surface area contributed by atoms with E-state index in [0.29, 0.717) is 15.7 Å². The summed E-state index contributed by atoms with van der Waals surface area (Å²) < 4.78 is 1.36. The lowest BCUT2D eigenvalue weighted by Gasteiger charge is -2.05. The highest BCUT2D eigenvalue weighted by Gasteiger charge is 2.06. The Bertz CT molecular complexity index is 662. The van der Waals surface area contributed by atoms with Crippen molar-refractivity contribution in [2.24, 2.45) is 7.05 Å². The largest absolute Gasteiger partial charge is 0.392 e. The summed E-state index contributed by atoms with van der Waals surface area (Å²) in [7, 11) is 1.58. The highest BCUT2D eigenvalue weighted by Crippen LogP contribution is 2.21. The van der Waals surface area contributed by atoms with Gasteiger partial charge in [-0.3, -0.25) is 19.4 Å². The lowest BCUT2D eigenvalue weighted by molar-refractivity contribution is 0.281. The molecule has 7 nitrogen and oxygen atoms in total. The summed E-state index contributed by atoms with van der Waals surface area (Å²) in [6.45, 7) is -0.0761.